The number of allylic oxidation sites excluding steroid dienone is 1. The fraction of sp³-hybridized carbons (Fsp3) is 0.652. The van der Waals surface area contributed by atoms with Crippen molar-refractivity contribution in [1.29, 1.82) is 0 Å². The zero-order chi connectivity index (χ0) is 17.5. The van der Waals surface area contributed by atoms with Gasteiger partial charge in [0.05, 0.1) is 7.11 Å². The highest BCUT2D eigenvalue weighted by molar-refractivity contribution is 5.35. The molecule has 1 saturated heterocycles. The fourth-order valence-corrected chi connectivity index (χ4v) is 5.17. The lowest BCUT2D eigenvalue weighted by Crippen LogP contribution is -2.38. The molecule has 1 saturated carbocycles. The minimum Gasteiger partial charge on any atom is -0.497 e. The molecule has 1 aromatic rings. The number of fused-ring (bicyclic) bond motifs is 1. The van der Waals surface area contributed by atoms with Gasteiger partial charge in [-0.05, 0) is 93.6 Å². The highest BCUT2D eigenvalue weighted by Gasteiger charge is 2.43. The Kier molecular flexibility index (Phi) is 6.58. The summed E-state index contributed by atoms with van der Waals surface area (Å²) in [4.78, 5) is 2.73. The molecule has 0 unspecified atom stereocenters. The molecule has 0 radical (unpaired) electrons. The minimum absolute atomic E-state index is 0.378. The SMILES string of the molecule is C=CCCCCN1CC[C@@H]2CCCC[C@@]2(c2cccc(OC)c2)CC1. The maximum absolute atomic E-state index is 5.53. The van der Waals surface area contributed by atoms with Gasteiger partial charge < -0.3 is 9.64 Å². The summed E-state index contributed by atoms with van der Waals surface area (Å²) in [6, 6.07) is 8.95. The van der Waals surface area contributed by atoms with Crippen LogP contribution in [0.25, 0.3) is 0 Å². The van der Waals surface area contributed by atoms with E-state index in [1.165, 1.54) is 76.6 Å². The average molecular weight is 342 g/mol. The van der Waals surface area contributed by atoms with Crippen molar-refractivity contribution in [3.63, 3.8) is 0 Å². The van der Waals surface area contributed by atoms with Gasteiger partial charge in [0.25, 0.3) is 0 Å². The zero-order valence-electron chi connectivity index (χ0n) is 16.0. The van der Waals surface area contributed by atoms with E-state index in [1.807, 2.05) is 0 Å². The van der Waals surface area contributed by atoms with Gasteiger partial charge in [-0.15, -0.1) is 6.58 Å². The number of unbranched alkanes of at least 4 members (excludes halogenated alkanes) is 2. The van der Waals surface area contributed by atoms with Crippen molar-refractivity contribution in [2.24, 2.45) is 5.92 Å². The van der Waals surface area contributed by atoms with Crippen molar-refractivity contribution in [3.8, 4) is 5.75 Å². The van der Waals surface area contributed by atoms with Gasteiger partial charge in [0.2, 0.25) is 0 Å². The normalized spacial score (nSPS) is 27.3. The first-order valence-electron chi connectivity index (χ1n) is 10.3. The summed E-state index contributed by atoms with van der Waals surface area (Å²) in [6.45, 7) is 7.63. The molecule has 2 nitrogen and oxygen atoms in total. The Morgan fingerprint density at radius 2 is 2.12 bits per heavy atom. The second-order valence-electron chi connectivity index (χ2n) is 8.00. The summed E-state index contributed by atoms with van der Waals surface area (Å²) >= 11 is 0. The standard InChI is InChI=1S/C23H35NO/c1-3-4-5-8-16-24-17-13-20-10-6-7-14-23(20,15-18-24)21-11-9-12-22(19-21)25-2/h3,9,11-12,19-20H,1,4-8,10,13-18H2,2H3/t20-,23+/m0/s1. The van der Waals surface area contributed by atoms with Gasteiger partial charge in [0.1, 0.15) is 5.75 Å². The topological polar surface area (TPSA) is 12.5 Å². The Labute approximate surface area is 154 Å². The summed E-state index contributed by atoms with van der Waals surface area (Å²) < 4.78 is 5.53. The van der Waals surface area contributed by atoms with E-state index in [1.54, 1.807) is 7.11 Å². The zero-order valence-corrected chi connectivity index (χ0v) is 16.0. The molecule has 0 spiro atoms. The predicted molar refractivity (Wildman–Crippen MR) is 106 cm³/mol. The van der Waals surface area contributed by atoms with Crippen molar-refractivity contribution < 1.29 is 4.74 Å². The van der Waals surface area contributed by atoms with Gasteiger partial charge in [-0.3, -0.25) is 0 Å². The summed E-state index contributed by atoms with van der Waals surface area (Å²) in [5.74, 6) is 1.85. The Morgan fingerprint density at radius 3 is 2.96 bits per heavy atom. The molecule has 3 rings (SSSR count). The minimum atomic E-state index is 0.378. The number of methoxy groups -OCH3 is 1. The van der Waals surface area contributed by atoms with E-state index < -0.39 is 0 Å². The number of ether oxygens (including phenoxy) is 1. The van der Waals surface area contributed by atoms with E-state index >= 15 is 0 Å². The maximum Gasteiger partial charge on any atom is 0.119 e. The molecule has 1 aliphatic carbocycles. The Morgan fingerprint density at radius 1 is 1.20 bits per heavy atom. The molecule has 25 heavy (non-hydrogen) atoms. The molecule has 2 aliphatic rings. The van der Waals surface area contributed by atoms with E-state index in [0.717, 1.165) is 18.1 Å². The molecular weight excluding hydrogens is 306 g/mol. The number of hydrogen-bond donors (Lipinski definition) is 0. The Balaban J connectivity index is 1.74. The van der Waals surface area contributed by atoms with Crippen molar-refractivity contribution >= 4 is 0 Å². The number of likely N-dealkylation sites (tertiary alicyclic amines) is 1. The lowest BCUT2D eigenvalue weighted by Gasteiger charge is -2.44. The number of rotatable bonds is 7. The molecule has 1 aliphatic heterocycles. The summed E-state index contributed by atoms with van der Waals surface area (Å²) in [5, 5.41) is 0. The average Bonchev–Trinajstić information content (AvgIpc) is 2.86. The van der Waals surface area contributed by atoms with E-state index in [0.29, 0.717) is 5.41 Å². The van der Waals surface area contributed by atoms with Crippen LogP contribution in [0.4, 0.5) is 0 Å². The molecule has 138 valence electrons. The fourth-order valence-electron chi connectivity index (χ4n) is 5.17. The highest BCUT2D eigenvalue weighted by atomic mass is 16.5. The lowest BCUT2D eigenvalue weighted by atomic mass is 9.60. The van der Waals surface area contributed by atoms with Crippen molar-refractivity contribution in [2.45, 2.75) is 63.2 Å². The van der Waals surface area contributed by atoms with E-state index in [2.05, 4.69) is 41.8 Å². The van der Waals surface area contributed by atoms with Crippen LogP contribution in [0.5, 0.6) is 5.75 Å². The Hall–Kier alpha value is -1.28. The lowest BCUT2D eigenvalue weighted by molar-refractivity contribution is 0.176. The molecule has 1 heterocycles. The molecule has 2 heteroatoms. The number of hydrogen-bond acceptors (Lipinski definition) is 2. The third-order valence-corrected chi connectivity index (χ3v) is 6.65. The Bertz CT molecular complexity index is 555. The molecule has 1 aromatic carbocycles. The second kappa shape index (κ2) is 8.89. The summed E-state index contributed by atoms with van der Waals surface area (Å²) in [6.07, 6.45) is 14.0. The summed E-state index contributed by atoms with van der Waals surface area (Å²) in [5.41, 5.74) is 1.91. The smallest absolute Gasteiger partial charge is 0.119 e. The van der Waals surface area contributed by atoms with Crippen LogP contribution in [0, 0.1) is 5.92 Å². The third-order valence-electron chi connectivity index (χ3n) is 6.65. The van der Waals surface area contributed by atoms with Crippen molar-refractivity contribution in [1.82, 2.24) is 4.90 Å². The van der Waals surface area contributed by atoms with Crippen molar-refractivity contribution in [2.75, 3.05) is 26.7 Å². The maximum atomic E-state index is 5.53. The van der Waals surface area contributed by atoms with Crippen LogP contribution in [0.15, 0.2) is 36.9 Å². The first-order chi connectivity index (χ1) is 12.3. The first kappa shape index (κ1) is 18.5. The van der Waals surface area contributed by atoms with Crippen LogP contribution in [-0.2, 0) is 5.41 Å². The van der Waals surface area contributed by atoms with Gasteiger partial charge in [-0.2, -0.15) is 0 Å². The molecule has 0 N–H and O–H groups in total. The van der Waals surface area contributed by atoms with Crippen LogP contribution < -0.4 is 4.74 Å². The van der Waals surface area contributed by atoms with Crippen LogP contribution in [-0.4, -0.2) is 31.6 Å². The number of benzene rings is 1. The van der Waals surface area contributed by atoms with E-state index in [4.69, 9.17) is 4.74 Å². The van der Waals surface area contributed by atoms with E-state index in [9.17, 15) is 0 Å². The van der Waals surface area contributed by atoms with Crippen LogP contribution in [0.1, 0.15) is 63.4 Å². The van der Waals surface area contributed by atoms with Gasteiger partial charge in [-0.1, -0.05) is 31.1 Å². The molecule has 2 atom stereocenters. The highest BCUT2D eigenvalue weighted by Crippen LogP contribution is 2.49. The second-order valence-corrected chi connectivity index (χ2v) is 8.00. The van der Waals surface area contributed by atoms with Crippen molar-refractivity contribution in [3.05, 3.63) is 42.5 Å². The molecular formula is C23H35NO. The quantitative estimate of drug-likeness (QED) is 0.474. The van der Waals surface area contributed by atoms with Crippen LogP contribution in [0.2, 0.25) is 0 Å². The van der Waals surface area contributed by atoms with Gasteiger partial charge in [0.15, 0.2) is 0 Å². The van der Waals surface area contributed by atoms with Gasteiger partial charge in [-0.25, -0.2) is 0 Å². The predicted octanol–water partition coefficient (Wildman–Crippen LogP) is 5.58. The molecule has 0 bridgehead atoms. The summed E-state index contributed by atoms with van der Waals surface area (Å²) in [7, 11) is 1.78. The van der Waals surface area contributed by atoms with Gasteiger partial charge in [0, 0.05) is 0 Å². The van der Waals surface area contributed by atoms with Crippen LogP contribution in [0.3, 0.4) is 0 Å². The largest absolute Gasteiger partial charge is 0.497 e. The first-order valence-corrected chi connectivity index (χ1v) is 10.3. The van der Waals surface area contributed by atoms with Gasteiger partial charge >= 0.3 is 0 Å². The third kappa shape index (κ3) is 4.28. The monoisotopic (exact) mass is 341 g/mol. The molecule has 0 aromatic heterocycles. The molecule has 0 amide bonds. The van der Waals surface area contributed by atoms with E-state index in [-0.39, 0.29) is 0 Å². The van der Waals surface area contributed by atoms with Crippen LogP contribution >= 0.6 is 0 Å². The number of nitrogens with zero attached hydrogens (tertiary/aromatic N) is 1. The molecule has 2 fully saturated rings.